The molecule has 0 amide bonds. The Labute approximate surface area is 244 Å². The number of rotatable bonds is 8. The van der Waals surface area contributed by atoms with E-state index in [1.165, 1.54) is 30.0 Å². The SMILES string of the molecule is Cc1ccc(S(=O)(=O)Nc2ccc(-c3nc(C(C)C)n4c(C5=CCC(NC6COC6)CC5)cnc(N)c34)cc2F)nc1. The van der Waals surface area contributed by atoms with Gasteiger partial charge in [-0.1, -0.05) is 32.1 Å². The van der Waals surface area contributed by atoms with Crippen LogP contribution in [0.5, 0.6) is 0 Å². The quantitative estimate of drug-likeness (QED) is 0.269. The maximum atomic E-state index is 15.4. The molecule has 1 saturated heterocycles. The van der Waals surface area contributed by atoms with Gasteiger partial charge in [-0.05, 0) is 55.5 Å². The largest absolute Gasteiger partial charge is 0.382 e. The molecule has 0 radical (unpaired) electrons. The van der Waals surface area contributed by atoms with Gasteiger partial charge in [0.25, 0.3) is 10.0 Å². The molecule has 0 saturated carbocycles. The second kappa shape index (κ2) is 11.1. The standard InChI is InChI=1S/C30H34FN7O3S/c1-17(2)30-36-27(20-7-10-24(23(31)12-20)37-42(39,40)26-11-4-18(3)13-33-26)28-29(32)34-14-25(38(28)30)19-5-8-21(9-6-19)35-22-15-41-16-22/h4-5,7,10-14,17,21-22,35,37H,6,8-9,15-16H2,1-3H3,(H2,32,34). The van der Waals surface area contributed by atoms with E-state index in [2.05, 4.69) is 26.1 Å². The number of aryl methyl sites for hydroxylation is 1. The summed E-state index contributed by atoms with van der Waals surface area (Å²) >= 11 is 0. The van der Waals surface area contributed by atoms with Gasteiger partial charge < -0.3 is 15.8 Å². The zero-order valence-corrected chi connectivity index (χ0v) is 24.6. The van der Waals surface area contributed by atoms with Crippen molar-refractivity contribution in [3.8, 4) is 11.3 Å². The van der Waals surface area contributed by atoms with Gasteiger partial charge in [-0.2, -0.15) is 8.42 Å². The lowest BCUT2D eigenvalue weighted by Gasteiger charge is -2.33. The van der Waals surface area contributed by atoms with Gasteiger partial charge >= 0.3 is 0 Å². The number of hydrogen-bond donors (Lipinski definition) is 3. The third-order valence-electron chi connectivity index (χ3n) is 7.72. The number of sulfonamides is 1. The van der Waals surface area contributed by atoms with Gasteiger partial charge in [0, 0.05) is 23.7 Å². The summed E-state index contributed by atoms with van der Waals surface area (Å²) in [5.74, 6) is 0.364. The topological polar surface area (TPSA) is 137 Å². The molecule has 0 bridgehead atoms. The predicted octanol–water partition coefficient (Wildman–Crippen LogP) is 4.67. The first-order valence-corrected chi connectivity index (χ1v) is 15.5. The number of anilines is 2. The molecule has 0 spiro atoms. The highest BCUT2D eigenvalue weighted by atomic mass is 32.2. The van der Waals surface area contributed by atoms with Gasteiger partial charge in [0.15, 0.2) is 5.03 Å². The van der Waals surface area contributed by atoms with Crippen LogP contribution in [-0.2, 0) is 14.8 Å². The molecule has 6 rings (SSSR count). The van der Waals surface area contributed by atoms with Crippen molar-refractivity contribution in [3.05, 3.63) is 71.7 Å². The molecule has 4 aromatic rings. The predicted molar refractivity (Wildman–Crippen MR) is 160 cm³/mol. The molecular formula is C30H34FN7O3S. The van der Waals surface area contributed by atoms with E-state index in [1.807, 2.05) is 18.2 Å². The van der Waals surface area contributed by atoms with E-state index in [0.29, 0.717) is 28.9 Å². The molecule has 1 aliphatic carbocycles. The maximum Gasteiger partial charge on any atom is 0.279 e. The van der Waals surface area contributed by atoms with Gasteiger partial charge in [-0.15, -0.1) is 0 Å². The van der Waals surface area contributed by atoms with Crippen LogP contribution in [0.25, 0.3) is 22.3 Å². The number of aromatic nitrogens is 4. The maximum absolute atomic E-state index is 15.4. The number of imidazole rings is 1. The van der Waals surface area contributed by atoms with Crippen LogP contribution in [0.15, 0.2) is 53.8 Å². The van der Waals surface area contributed by atoms with Crippen molar-refractivity contribution in [2.45, 2.75) is 63.1 Å². The number of ether oxygens (including phenoxy) is 1. The van der Waals surface area contributed by atoms with Gasteiger partial charge in [-0.25, -0.2) is 19.3 Å². The number of halogens is 1. The van der Waals surface area contributed by atoms with Crippen molar-refractivity contribution in [3.63, 3.8) is 0 Å². The molecule has 1 aromatic carbocycles. The van der Waals surface area contributed by atoms with Crippen LogP contribution in [0.4, 0.5) is 15.9 Å². The first-order chi connectivity index (χ1) is 20.1. The molecule has 12 heteroatoms. The molecule has 4 heterocycles. The van der Waals surface area contributed by atoms with Crippen molar-refractivity contribution in [1.29, 1.82) is 0 Å². The van der Waals surface area contributed by atoms with Crippen LogP contribution in [0.1, 0.15) is 56.1 Å². The summed E-state index contributed by atoms with van der Waals surface area (Å²) in [6, 6.07) is 8.12. The lowest BCUT2D eigenvalue weighted by molar-refractivity contribution is -0.0103. The Kier molecular flexibility index (Phi) is 7.46. The van der Waals surface area contributed by atoms with Gasteiger partial charge in [-0.3, -0.25) is 9.12 Å². The Morgan fingerprint density at radius 1 is 1.12 bits per heavy atom. The smallest absolute Gasteiger partial charge is 0.279 e. The second-order valence-corrected chi connectivity index (χ2v) is 12.9. The van der Waals surface area contributed by atoms with Crippen molar-refractivity contribution in [2.75, 3.05) is 23.7 Å². The number of nitrogens with one attached hydrogen (secondary N) is 2. The Morgan fingerprint density at radius 3 is 2.55 bits per heavy atom. The Morgan fingerprint density at radius 2 is 1.93 bits per heavy atom. The van der Waals surface area contributed by atoms with E-state index in [1.54, 1.807) is 25.3 Å². The summed E-state index contributed by atoms with van der Waals surface area (Å²) in [4.78, 5) is 13.4. The summed E-state index contributed by atoms with van der Waals surface area (Å²) in [5.41, 5.74) is 10.7. The van der Waals surface area contributed by atoms with Crippen LogP contribution in [0.3, 0.4) is 0 Å². The minimum Gasteiger partial charge on any atom is -0.382 e. The molecule has 1 unspecified atom stereocenters. The zero-order chi connectivity index (χ0) is 29.6. The van der Waals surface area contributed by atoms with Crippen molar-refractivity contribution >= 4 is 32.6 Å². The van der Waals surface area contributed by atoms with E-state index < -0.39 is 15.8 Å². The lowest BCUT2D eigenvalue weighted by atomic mass is 9.92. The number of nitrogen functional groups attached to an aromatic ring is 1. The van der Waals surface area contributed by atoms with E-state index in [-0.39, 0.29) is 22.4 Å². The normalized spacial score (nSPS) is 17.8. The number of pyridine rings is 1. The van der Waals surface area contributed by atoms with Crippen LogP contribution < -0.4 is 15.8 Å². The molecule has 1 fully saturated rings. The summed E-state index contributed by atoms with van der Waals surface area (Å²) in [6.45, 7) is 7.43. The van der Waals surface area contributed by atoms with E-state index in [0.717, 1.165) is 49.6 Å². The summed E-state index contributed by atoms with van der Waals surface area (Å²) in [5, 5.41) is 3.46. The number of fused-ring (bicyclic) bond motifs is 1. The first-order valence-electron chi connectivity index (χ1n) is 14.1. The third-order valence-corrected chi connectivity index (χ3v) is 9.01. The van der Waals surface area contributed by atoms with Crippen molar-refractivity contribution in [2.24, 2.45) is 0 Å². The highest BCUT2D eigenvalue weighted by Crippen LogP contribution is 2.36. The molecule has 1 aliphatic heterocycles. The summed E-state index contributed by atoms with van der Waals surface area (Å²) < 4.78 is 50.6. The molecule has 4 N–H and O–H groups in total. The summed E-state index contributed by atoms with van der Waals surface area (Å²) in [7, 11) is -4.07. The van der Waals surface area contributed by atoms with Crippen LogP contribution in [0.2, 0.25) is 0 Å². The third kappa shape index (κ3) is 5.37. The van der Waals surface area contributed by atoms with Crippen LogP contribution in [-0.4, -0.2) is 53.1 Å². The molecule has 220 valence electrons. The monoisotopic (exact) mass is 591 g/mol. The highest BCUT2D eigenvalue weighted by molar-refractivity contribution is 7.92. The molecule has 42 heavy (non-hydrogen) atoms. The number of nitrogens with two attached hydrogens (primary N) is 1. The average molecular weight is 592 g/mol. The number of hydrogen-bond acceptors (Lipinski definition) is 8. The van der Waals surface area contributed by atoms with E-state index in [9.17, 15) is 8.42 Å². The average Bonchev–Trinajstić information content (AvgIpc) is 3.35. The number of nitrogens with zero attached hydrogens (tertiary/aromatic N) is 4. The number of benzene rings is 1. The summed E-state index contributed by atoms with van der Waals surface area (Å²) in [6.07, 6.45) is 8.25. The fourth-order valence-corrected chi connectivity index (χ4v) is 6.42. The lowest BCUT2D eigenvalue weighted by Crippen LogP contribution is -2.50. The van der Waals surface area contributed by atoms with Crippen LogP contribution >= 0.6 is 0 Å². The van der Waals surface area contributed by atoms with Gasteiger partial charge in [0.1, 0.15) is 28.7 Å². The van der Waals surface area contributed by atoms with Crippen LogP contribution in [0, 0.1) is 12.7 Å². The molecule has 2 aliphatic rings. The molecule has 1 atom stereocenters. The zero-order valence-electron chi connectivity index (χ0n) is 23.8. The highest BCUT2D eigenvalue weighted by Gasteiger charge is 2.27. The Balaban J connectivity index is 1.35. The van der Waals surface area contributed by atoms with Gasteiger partial charge in [0.2, 0.25) is 0 Å². The Hall–Kier alpha value is -3.87. The minimum absolute atomic E-state index is 0.0435. The molecular weight excluding hydrogens is 557 g/mol. The van der Waals surface area contributed by atoms with Crippen molar-refractivity contribution < 1.29 is 17.5 Å². The minimum atomic E-state index is -4.07. The Bertz CT molecular complexity index is 1780. The first kappa shape index (κ1) is 28.3. The fourth-order valence-electron chi connectivity index (χ4n) is 5.42. The van der Waals surface area contributed by atoms with E-state index >= 15 is 4.39 Å². The molecule has 10 nitrogen and oxygen atoms in total. The van der Waals surface area contributed by atoms with E-state index in [4.69, 9.17) is 15.5 Å². The molecule has 3 aromatic heterocycles. The number of allylic oxidation sites excluding steroid dienone is 1. The fraction of sp³-hybridized carbons (Fsp3) is 0.367. The second-order valence-electron chi connectivity index (χ2n) is 11.3. The van der Waals surface area contributed by atoms with Crippen molar-refractivity contribution in [1.82, 2.24) is 24.7 Å². The van der Waals surface area contributed by atoms with Gasteiger partial charge in [0.05, 0.1) is 36.8 Å².